The fraction of sp³-hybridized carbons (Fsp3) is 0.588. The number of nitrogens with one attached hydrogen (secondary N) is 1. The highest BCUT2D eigenvalue weighted by Gasteiger charge is 2.38. The van der Waals surface area contributed by atoms with Crippen LogP contribution in [0.3, 0.4) is 0 Å². The number of ether oxygens (including phenoxy) is 1. The van der Waals surface area contributed by atoms with Crippen LogP contribution in [-0.2, 0) is 15.1 Å². The maximum absolute atomic E-state index is 12.4. The lowest BCUT2D eigenvalue weighted by Gasteiger charge is -2.32. The summed E-state index contributed by atoms with van der Waals surface area (Å²) in [4.78, 5) is 12.4. The molecule has 0 aliphatic carbocycles. The van der Waals surface area contributed by atoms with E-state index in [9.17, 15) is 4.79 Å². The van der Waals surface area contributed by atoms with Gasteiger partial charge < -0.3 is 4.74 Å². The molecule has 1 rings (SSSR count). The average Bonchev–Trinajstić information content (AvgIpc) is 2.33. The maximum Gasteiger partial charge on any atom is 0.330 e. The van der Waals surface area contributed by atoms with E-state index in [1.54, 1.807) is 0 Å². The van der Waals surface area contributed by atoms with Gasteiger partial charge in [0.25, 0.3) is 0 Å². The van der Waals surface area contributed by atoms with Gasteiger partial charge in [-0.1, -0.05) is 31.5 Å². The molecule has 1 N–H and O–H groups in total. The summed E-state index contributed by atoms with van der Waals surface area (Å²) in [7, 11) is 1.44. The van der Waals surface area contributed by atoms with Crippen LogP contribution in [0.4, 0.5) is 0 Å². The van der Waals surface area contributed by atoms with Crippen LogP contribution < -0.4 is 5.32 Å². The molecule has 112 valence electrons. The topological polar surface area (TPSA) is 38.3 Å². The van der Waals surface area contributed by atoms with Gasteiger partial charge in [-0.05, 0) is 56.8 Å². The summed E-state index contributed by atoms with van der Waals surface area (Å²) in [5, 5.41) is 3.39. The van der Waals surface area contributed by atoms with Gasteiger partial charge in [-0.15, -0.1) is 0 Å². The van der Waals surface area contributed by atoms with Crippen molar-refractivity contribution in [2.45, 2.75) is 47.1 Å². The van der Waals surface area contributed by atoms with Crippen LogP contribution in [0, 0.1) is 26.7 Å². The first-order valence-electron chi connectivity index (χ1n) is 7.14. The van der Waals surface area contributed by atoms with E-state index >= 15 is 0 Å². The fourth-order valence-electron chi connectivity index (χ4n) is 2.84. The van der Waals surface area contributed by atoms with Gasteiger partial charge in [-0.25, -0.2) is 4.79 Å². The standard InChI is InChI=1S/C17H27NO2/c1-11(2)10-18-17(6,16(19)20-7)15-13(4)8-12(3)9-14(15)5/h8-9,11,18H,10H2,1-7H3. The number of hydrogen-bond donors (Lipinski definition) is 1. The Hall–Kier alpha value is -1.35. The lowest BCUT2D eigenvalue weighted by atomic mass is 9.84. The molecule has 0 heterocycles. The fourth-order valence-corrected chi connectivity index (χ4v) is 2.84. The van der Waals surface area contributed by atoms with E-state index in [1.807, 2.05) is 20.8 Å². The van der Waals surface area contributed by atoms with E-state index < -0.39 is 5.54 Å². The third-order valence-electron chi connectivity index (χ3n) is 3.63. The van der Waals surface area contributed by atoms with Crippen LogP contribution in [0.5, 0.6) is 0 Å². The summed E-state index contributed by atoms with van der Waals surface area (Å²) < 4.78 is 5.04. The van der Waals surface area contributed by atoms with Crippen LogP contribution in [0.1, 0.15) is 43.0 Å². The molecule has 0 radical (unpaired) electrons. The van der Waals surface area contributed by atoms with Crippen molar-refractivity contribution in [3.05, 3.63) is 34.4 Å². The predicted octanol–water partition coefficient (Wildman–Crippen LogP) is 3.25. The monoisotopic (exact) mass is 277 g/mol. The van der Waals surface area contributed by atoms with E-state index in [-0.39, 0.29) is 5.97 Å². The van der Waals surface area contributed by atoms with E-state index in [0.29, 0.717) is 5.92 Å². The van der Waals surface area contributed by atoms with Crippen molar-refractivity contribution >= 4 is 5.97 Å². The molecule has 0 amide bonds. The smallest absolute Gasteiger partial charge is 0.330 e. The van der Waals surface area contributed by atoms with Crippen molar-refractivity contribution in [2.24, 2.45) is 5.92 Å². The second-order valence-corrected chi connectivity index (χ2v) is 6.17. The van der Waals surface area contributed by atoms with Gasteiger partial charge in [-0.2, -0.15) is 0 Å². The Labute approximate surface area is 122 Å². The molecule has 1 aromatic rings. The van der Waals surface area contributed by atoms with Crippen molar-refractivity contribution in [3.63, 3.8) is 0 Å². The Morgan fingerprint density at radius 1 is 1.25 bits per heavy atom. The number of benzene rings is 1. The van der Waals surface area contributed by atoms with Crippen molar-refractivity contribution in [1.29, 1.82) is 0 Å². The van der Waals surface area contributed by atoms with E-state index in [4.69, 9.17) is 4.74 Å². The predicted molar refractivity (Wildman–Crippen MR) is 82.9 cm³/mol. The number of carbonyl (C=O) groups excluding carboxylic acids is 1. The second-order valence-electron chi connectivity index (χ2n) is 6.17. The first-order chi connectivity index (χ1) is 9.22. The SMILES string of the molecule is COC(=O)C(C)(NCC(C)C)c1c(C)cc(C)cc1C. The molecule has 0 aliphatic heterocycles. The van der Waals surface area contributed by atoms with E-state index in [1.165, 1.54) is 12.7 Å². The van der Waals surface area contributed by atoms with Crippen LogP contribution in [-0.4, -0.2) is 19.6 Å². The third-order valence-corrected chi connectivity index (χ3v) is 3.63. The molecular weight excluding hydrogens is 250 g/mol. The molecule has 3 heteroatoms. The summed E-state index contributed by atoms with van der Waals surface area (Å²) >= 11 is 0. The number of methoxy groups -OCH3 is 1. The zero-order valence-electron chi connectivity index (χ0n) is 13.8. The van der Waals surface area contributed by atoms with Gasteiger partial charge in [0.2, 0.25) is 0 Å². The Bertz CT molecular complexity index is 471. The highest BCUT2D eigenvalue weighted by atomic mass is 16.5. The van der Waals surface area contributed by atoms with E-state index in [2.05, 4.69) is 38.2 Å². The van der Waals surface area contributed by atoms with E-state index in [0.717, 1.165) is 23.2 Å². The van der Waals surface area contributed by atoms with Crippen molar-refractivity contribution < 1.29 is 9.53 Å². The van der Waals surface area contributed by atoms with Gasteiger partial charge >= 0.3 is 5.97 Å². The van der Waals surface area contributed by atoms with Gasteiger partial charge in [0.15, 0.2) is 0 Å². The van der Waals surface area contributed by atoms with Crippen molar-refractivity contribution in [2.75, 3.05) is 13.7 Å². The average molecular weight is 277 g/mol. The maximum atomic E-state index is 12.4. The zero-order valence-corrected chi connectivity index (χ0v) is 13.8. The Kier molecular flexibility index (Phi) is 5.35. The Morgan fingerprint density at radius 3 is 2.15 bits per heavy atom. The number of esters is 1. The lowest BCUT2D eigenvalue weighted by molar-refractivity contribution is -0.148. The minimum Gasteiger partial charge on any atom is -0.467 e. The van der Waals surface area contributed by atoms with Crippen LogP contribution in [0.25, 0.3) is 0 Å². The van der Waals surface area contributed by atoms with Crippen molar-refractivity contribution in [1.82, 2.24) is 5.32 Å². The van der Waals surface area contributed by atoms with Crippen LogP contribution in [0.15, 0.2) is 12.1 Å². The molecule has 3 nitrogen and oxygen atoms in total. The summed E-state index contributed by atoms with van der Waals surface area (Å²) in [5.74, 6) is 0.221. The molecule has 1 aromatic carbocycles. The number of carbonyl (C=O) groups is 1. The number of aryl methyl sites for hydroxylation is 3. The van der Waals surface area contributed by atoms with Gasteiger partial charge in [-0.3, -0.25) is 5.32 Å². The van der Waals surface area contributed by atoms with Crippen LogP contribution in [0.2, 0.25) is 0 Å². The quantitative estimate of drug-likeness (QED) is 0.840. The molecule has 0 bridgehead atoms. The first-order valence-corrected chi connectivity index (χ1v) is 7.14. The number of hydrogen-bond acceptors (Lipinski definition) is 3. The first kappa shape index (κ1) is 16.7. The van der Waals surface area contributed by atoms with Gasteiger partial charge in [0, 0.05) is 0 Å². The number of rotatable bonds is 5. The highest BCUT2D eigenvalue weighted by molar-refractivity contribution is 5.83. The Balaban J connectivity index is 3.34. The molecule has 0 saturated heterocycles. The highest BCUT2D eigenvalue weighted by Crippen LogP contribution is 2.30. The lowest BCUT2D eigenvalue weighted by Crippen LogP contribution is -2.49. The molecule has 0 aliphatic rings. The molecule has 1 atom stereocenters. The minimum absolute atomic E-state index is 0.242. The molecule has 20 heavy (non-hydrogen) atoms. The molecule has 0 saturated carbocycles. The Morgan fingerprint density at radius 2 is 1.75 bits per heavy atom. The zero-order chi connectivity index (χ0) is 15.5. The van der Waals surface area contributed by atoms with Gasteiger partial charge in [0.05, 0.1) is 7.11 Å². The summed E-state index contributed by atoms with van der Waals surface area (Å²) in [6.07, 6.45) is 0. The van der Waals surface area contributed by atoms with Crippen LogP contribution >= 0.6 is 0 Å². The molecular formula is C17H27NO2. The second kappa shape index (κ2) is 6.40. The summed E-state index contributed by atoms with van der Waals surface area (Å²) in [6, 6.07) is 4.22. The summed E-state index contributed by atoms with van der Waals surface area (Å²) in [6.45, 7) is 13.1. The van der Waals surface area contributed by atoms with Crippen molar-refractivity contribution in [3.8, 4) is 0 Å². The molecule has 0 spiro atoms. The summed E-state index contributed by atoms with van der Waals surface area (Å²) in [5.41, 5.74) is 3.66. The largest absolute Gasteiger partial charge is 0.467 e. The molecule has 0 aromatic heterocycles. The molecule has 0 fully saturated rings. The minimum atomic E-state index is -0.805. The molecule has 1 unspecified atom stereocenters. The van der Waals surface area contributed by atoms with Gasteiger partial charge in [0.1, 0.15) is 5.54 Å². The normalized spacial score (nSPS) is 14.2. The third kappa shape index (κ3) is 3.40.